The van der Waals surface area contributed by atoms with Gasteiger partial charge in [0.05, 0.1) is 12.0 Å². The Balaban J connectivity index is 2.58. The number of ketones is 1. The summed E-state index contributed by atoms with van der Waals surface area (Å²) in [6.07, 6.45) is 0.291. The average molecular weight is 185 g/mol. The molecular weight excluding hydrogens is 170 g/mol. The van der Waals surface area contributed by atoms with E-state index in [0.717, 1.165) is 0 Å². The van der Waals surface area contributed by atoms with Crippen LogP contribution in [-0.2, 0) is 14.3 Å². The normalized spacial score (nSPS) is 18.9. The zero-order valence-corrected chi connectivity index (χ0v) is 8.05. The highest BCUT2D eigenvalue weighted by molar-refractivity contribution is 5.87. The Hall–Kier alpha value is -0.900. The van der Waals surface area contributed by atoms with Gasteiger partial charge in [-0.3, -0.25) is 9.59 Å². The molecule has 4 nitrogen and oxygen atoms in total. The fraction of sp³-hybridized carbons (Fsp3) is 0.778. The van der Waals surface area contributed by atoms with Gasteiger partial charge >= 0.3 is 5.97 Å². The number of carbonyl (C=O) groups is 2. The summed E-state index contributed by atoms with van der Waals surface area (Å²) in [6, 6.07) is 0. The van der Waals surface area contributed by atoms with E-state index >= 15 is 0 Å². The van der Waals surface area contributed by atoms with Crippen molar-refractivity contribution in [3.63, 3.8) is 0 Å². The van der Waals surface area contributed by atoms with Gasteiger partial charge in [-0.05, 0) is 13.8 Å². The highest BCUT2D eigenvalue weighted by Gasteiger charge is 2.46. The Morgan fingerprint density at radius 2 is 2.08 bits per heavy atom. The van der Waals surface area contributed by atoms with Gasteiger partial charge in [0, 0.05) is 19.5 Å². The average Bonchev–Trinajstić information content (AvgIpc) is 1.96. The van der Waals surface area contributed by atoms with Crippen molar-refractivity contribution in [2.45, 2.75) is 20.3 Å². The number of esters is 1. The number of hydrogen-bond acceptors (Lipinski definition) is 4. The molecule has 1 heterocycles. The highest BCUT2D eigenvalue weighted by atomic mass is 16.5. The van der Waals surface area contributed by atoms with Gasteiger partial charge in [0.1, 0.15) is 5.78 Å². The van der Waals surface area contributed by atoms with Crippen LogP contribution in [0, 0.1) is 5.41 Å². The van der Waals surface area contributed by atoms with Gasteiger partial charge in [0.15, 0.2) is 0 Å². The van der Waals surface area contributed by atoms with Crippen molar-refractivity contribution >= 4 is 11.8 Å². The lowest BCUT2D eigenvalue weighted by Crippen LogP contribution is -2.59. The van der Waals surface area contributed by atoms with Crippen LogP contribution in [0.3, 0.4) is 0 Å². The van der Waals surface area contributed by atoms with Crippen LogP contribution in [0.4, 0.5) is 0 Å². The number of rotatable bonds is 4. The molecule has 0 amide bonds. The van der Waals surface area contributed by atoms with E-state index in [1.807, 2.05) is 0 Å². The minimum Gasteiger partial charge on any atom is -0.465 e. The van der Waals surface area contributed by atoms with Crippen LogP contribution in [0.5, 0.6) is 0 Å². The summed E-state index contributed by atoms with van der Waals surface area (Å²) in [6.45, 7) is 4.76. The van der Waals surface area contributed by atoms with Crippen molar-refractivity contribution in [1.82, 2.24) is 5.32 Å². The van der Waals surface area contributed by atoms with E-state index in [9.17, 15) is 9.59 Å². The van der Waals surface area contributed by atoms with E-state index < -0.39 is 5.41 Å². The summed E-state index contributed by atoms with van der Waals surface area (Å²) in [5.74, 6) is -0.210. The molecule has 1 saturated heterocycles. The molecule has 1 aliphatic heterocycles. The molecule has 0 aromatic carbocycles. The van der Waals surface area contributed by atoms with Crippen LogP contribution < -0.4 is 5.32 Å². The summed E-state index contributed by atoms with van der Waals surface area (Å²) in [5.41, 5.74) is -0.568. The number of hydrogen-bond donors (Lipinski definition) is 1. The Bertz CT molecular complexity index is 221. The molecule has 1 aliphatic rings. The molecule has 74 valence electrons. The van der Waals surface area contributed by atoms with Gasteiger partial charge in [0.25, 0.3) is 0 Å². The van der Waals surface area contributed by atoms with Crippen LogP contribution in [0.1, 0.15) is 20.3 Å². The fourth-order valence-corrected chi connectivity index (χ4v) is 1.53. The highest BCUT2D eigenvalue weighted by Crippen LogP contribution is 2.28. The largest absolute Gasteiger partial charge is 0.465 e. The molecule has 13 heavy (non-hydrogen) atoms. The minimum atomic E-state index is -0.568. The number of ether oxygens (including phenoxy) is 1. The molecule has 0 unspecified atom stereocenters. The SMILES string of the molecule is CCOC(=O)C1(CC(C)=O)CNC1. The zero-order chi connectivity index (χ0) is 9.90. The first kappa shape index (κ1) is 10.2. The third kappa shape index (κ3) is 2.06. The van der Waals surface area contributed by atoms with Gasteiger partial charge in [-0.1, -0.05) is 0 Å². The molecule has 1 N–H and O–H groups in total. The van der Waals surface area contributed by atoms with Crippen molar-refractivity contribution in [3.05, 3.63) is 0 Å². The Kier molecular flexibility index (Phi) is 3.03. The van der Waals surface area contributed by atoms with Crippen molar-refractivity contribution in [1.29, 1.82) is 0 Å². The predicted octanol–water partition coefficient (Wildman–Crippen LogP) is 0.118. The van der Waals surface area contributed by atoms with Gasteiger partial charge < -0.3 is 10.1 Å². The van der Waals surface area contributed by atoms with Crippen LogP contribution in [0.25, 0.3) is 0 Å². The first-order chi connectivity index (χ1) is 6.10. The Morgan fingerprint density at radius 1 is 1.46 bits per heavy atom. The molecule has 4 heteroatoms. The van der Waals surface area contributed by atoms with Crippen molar-refractivity contribution in [3.8, 4) is 0 Å². The lowest BCUT2D eigenvalue weighted by molar-refractivity contribution is -0.160. The summed E-state index contributed by atoms with van der Waals surface area (Å²) in [7, 11) is 0. The first-order valence-electron chi connectivity index (χ1n) is 4.48. The number of carbonyl (C=O) groups excluding carboxylic acids is 2. The maximum absolute atomic E-state index is 11.5. The quantitative estimate of drug-likeness (QED) is 0.632. The molecule has 0 bridgehead atoms. The fourth-order valence-electron chi connectivity index (χ4n) is 1.53. The third-order valence-corrected chi connectivity index (χ3v) is 2.22. The second-order valence-electron chi connectivity index (χ2n) is 3.48. The summed E-state index contributed by atoms with van der Waals surface area (Å²) in [5, 5.41) is 2.99. The molecule has 0 aromatic rings. The summed E-state index contributed by atoms with van der Waals surface area (Å²) >= 11 is 0. The molecule has 0 aliphatic carbocycles. The summed E-state index contributed by atoms with van der Waals surface area (Å²) in [4.78, 5) is 22.4. The molecule has 0 radical (unpaired) electrons. The molecule has 0 saturated carbocycles. The van der Waals surface area contributed by atoms with E-state index in [-0.39, 0.29) is 11.8 Å². The standard InChI is InChI=1S/C9H15NO3/c1-3-13-8(12)9(4-7(2)11)5-10-6-9/h10H,3-6H2,1-2H3. The van der Waals surface area contributed by atoms with E-state index in [0.29, 0.717) is 26.1 Å². The second kappa shape index (κ2) is 3.87. The van der Waals surface area contributed by atoms with E-state index in [2.05, 4.69) is 5.32 Å². The lowest BCUT2D eigenvalue weighted by atomic mass is 9.77. The Morgan fingerprint density at radius 3 is 2.38 bits per heavy atom. The maximum atomic E-state index is 11.5. The molecule has 0 aromatic heterocycles. The van der Waals surface area contributed by atoms with Crippen molar-refractivity contribution in [2.75, 3.05) is 19.7 Å². The van der Waals surface area contributed by atoms with Crippen LogP contribution in [0.15, 0.2) is 0 Å². The van der Waals surface area contributed by atoms with Crippen LogP contribution in [-0.4, -0.2) is 31.4 Å². The second-order valence-corrected chi connectivity index (χ2v) is 3.48. The van der Waals surface area contributed by atoms with E-state index in [1.54, 1.807) is 6.92 Å². The van der Waals surface area contributed by atoms with Crippen LogP contribution in [0.2, 0.25) is 0 Å². The summed E-state index contributed by atoms with van der Waals surface area (Å²) < 4.78 is 4.92. The van der Waals surface area contributed by atoms with E-state index in [1.165, 1.54) is 6.92 Å². The van der Waals surface area contributed by atoms with Gasteiger partial charge in [-0.15, -0.1) is 0 Å². The first-order valence-corrected chi connectivity index (χ1v) is 4.48. The molecular formula is C9H15NO3. The predicted molar refractivity (Wildman–Crippen MR) is 47.2 cm³/mol. The van der Waals surface area contributed by atoms with E-state index in [4.69, 9.17) is 4.74 Å². The smallest absolute Gasteiger partial charge is 0.315 e. The number of nitrogens with one attached hydrogen (secondary N) is 1. The zero-order valence-electron chi connectivity index (χ0n) is 8.05. The third-order valence-electron chi connectivity index (χ3n) is 2.22. The van der Waals surface area contributed by atoms with Crippen LogP contribution >= 0.6 is 0 Å². The topological polar surface area (TPSA) is 55.4 Å². The van der Waals surface area contributed by atoms with Crippen molar-refractivity contribution in [2.24, 2.45) is 5.41 Å². The Labute approximate surface area is 77.6 Å². The molecule has 1 fully saturated rings. The molecule has 0 spiro atoms. The van der Waals surface area contributed by atoms with Gasteiger partial charge in [-0.2, -0.15) is 0 Å². The van der Waals surface area contributed by atoms with Gasteiger partial charge in [-0.25, -0.2) is 0 Å². The number of Topliss-reactive ketones (excluding diaryl/α,β-unsaturated/α-hetero) is 1. The van der Waals surface area contributed by atoms with Crippen molar-refractivity contribution < 1.29 is 14.3 Å². The molecule has 1 rings (SSSR count). The monoisotopic (exact) mass is 185 g/mol. The lowest BCUT2D eigenvalue weighted by Gasteiger charge is -2.39. The maximum Gasteiger partial charge on any atom is 0.315 e. The minimum absolute atomic E-state index is 0.0366. The van der Waals surface area contributed by atoms with Gasteiger partial charge in [0.2, 0.25) is 0 Å². The molecule has 0 atom stereocenters.